The number of hydrogen-bond donors (Lipinski definition) is 1. The monoisotopic (exact) mass is 529 g/mol. The number of amides is 1. The molecule has 1 amide bonds. The first kappa shape index (κ1) is 26.1. The molecule has 0 spiro atoms. The van der Waals surface area contributed by atoms with Crippen LogP contribution in [0, 0.1) is 34.5 Å². The number of rotatable bonds is 2. The van der Waals surface area contributed by atoms with Crippen LogP contribution < -0.4 is 5.32 Å². The van der Waals surface area contributed by atoms with Crippen molar-refractivity contribution in [2.24, 2.45) is 34.5 Å². The van der Waals surface area contributed by atoms with E-state index in [0.717, 1.165) is 19.3 Å². The first-order valence-corrected chi connectivity index (χ1v) is 12.6. The molecule has 37 heavy (non-hydrogen) atoms. The van der Waals surface area contributed by atoms with Crippen molar-refractivity contribution in [1.29, 1.82) is 0 Å². The molecule has 3 saturated carbocycles. The van der Waals surface area contributed by atoms with Crippen LogP contribution in [-0.4, -0.2) is 18.0 Å². The molecular weight excluding hydrogens is 500 g/mol. The van der Waals surface area contributed by atoms with E-state index in [0.29, 0.717) is 37.5 Å². The molecule has 0 bridgehead atoms. The van der Waals surface area contributed by atoms with Gasteiger partial charge in [0.2, 0.25) is 5.91 Å². The van der Waals surface area contributed by atoms with Crippen molar-refractivity contribution in [3.63, 3.8) is 0 Å². The number of hydrogen-bond acceptors (Lipinski definition) is 3. The van der Waals surface area contributed by atoms with Crippen molar-refractivity contribution >= 4 is 17.6 Å². The Morgan fingerprint density at radius 3 is 2.27 bits per heavy atom. The number of fused-ring (bicyclic) bond motifs is 5. The second-order valence-corrected chi connectivity index (χ2v) is 11.6. The molecule has 1 N–H and O–H groups in total. The lowest BCUT2D eigenvalue weighted by Crippen LogP contribution is -2.54. The van der Waals surface area contributed by atoms with Crippen LogP contribution in [0.25, 0.3) is 0 Å². The van der Waals surface area contributed by atoms with Crippen molar-refractivity contribution in [3.05, 3.63) is 41.5 Å². The number of alkyl halides is 6. The molecule has 202 valence electrons. The Morgan fingerprint density at radius 1 is 1.00 bits per heavy atom. The number of benzene rings is 1. The molecule has 3 aliphatic carbocycles. The first-order valence-electron chi connectivity index (χ1n) is 12.6. The fourth-order valence-electron chi connectivity index (χ4n) is 7.84. The van der Waals surface area contributed by atoms with Gasteiger partial charge in [0.1, 0.15) is 6.10 Å². The maximum Gasteiger partial charge on any atom is 0.418 e. The van der Waals surface area contributed by atoms with Crippen LogP contribution in [0.1, 0.15) is 63.5 Å². The Kier molecular flexibility index (Phi) is 5.99. The fraction of sp³-hybridized carbons (Fsp3) is 0.630. The predicted octanol–water partition coefficient (Wildman–Crippen LogP) is 7.00. The lowest BCUT2D eigenvalue weighted by Gasteiger charge is -2.57. The SMILES string of the molecule is C[C@]12CC[C@H]3[C@@H](CCC4OC(=O)C=C[C@@]43C)[C@@H]1C[C@H](C(=O)Nc1c(C(F)(F)F)cccc1C(F)(F)F)C2. The van der Waals surface area contributed by atoms with E-state index in [1.54, 1.807) is 0 Å². The van der Waals surface area contributed by atoms with Gasteiger partial charge < -0.3 is 10.1 Å². The van der Waals surface area contributed by atoms with Crippen molar-refractivity contribution in [1.82, 2.24) is 0 Å². The third-order valence-electron chi connectivity index (χ3n) is 9.59. The Hall–Kier alpha value is -2.52. The summed E-state index contributed by atoms with van der Waals surface area (Å²) in [7, 11) is 0. The molecule has 0 saturated heterocycles. The minimum atomic E-state index is -5.06. The van der Waals surface area contributed by atoms with Crippen LogP contribution in [0.3, 0.4) is 0 Å². The number of carbonyl (C=O) groups excluding carboxylic acids is 2. The summed E-state index contributed by atoms with van der Waals surface area (Å²) >= 11 is 0. The van der Waals surface area contributed by atoms with E-state index < -0.39 is 41.0 Å². The highest BCUT2D eigenvalue weighted by Crippen LogP contribution is 2.65. The quantitative estimate of drug-likeness (QED) is 0.332. The van der Waals surface area contributed by atoms with Gasteiger partial charge in [0.25, 0.3) is 0 Å². The summed E-state index contributed by atoms with van der Waals surface area (Å²) in [5.74, 6) is -1.30. The van der Waals surface area contributed by atoms with Gasteiger partial charge in [-0.05, 0) is 73.8 Å². The van der Waals surface area contributed by atoms with E-state index in [2.05, 4.69) is 13.8 Å². The second-order valence-electron chi connectivity index (χ2n) is 11.6. The predicted molar refractivity (Wildman–Crippen MR) is 122 cm³/mol. The highest BCUT2D eigenvalue weighted by molar-refractivity contribution is 5.94. The molecule has 3 fully saturated rings. The van der Waals surface area contributed by atoms with E-state index in [9.17, 15) is 35.9 Å². The molecule has 7 atom stereocenters. The summed E-state index contributed by atoms with van der Waals surface area (Å²) in [6.07, 6.45) is -2.97. The fourth-order valence-corrected chi connectivity index (χ4v) is 7.84. The van der Waals surface area contributed by atoms with Gasteiger partial charge in [-0.25, -0.2) is 4.79 Å². The van der Waals surface area contributed by atoms with Crippen LogP contribution in [0.2, 0.25) is 0 Å². The molecule has 4 aliphatic rings. The van der Waals surface area contributed by atoms with Crippen LogP contribution in [0.5, 0.6) is 0 Å². The lowest BCUT2D eigenvalue weighted by atomic mass is 9.49. The molecule has 1 heterocycles. The minimum absolute atomic E-state index is 0.103. The van der Waals surface area contributed by atoms with Crippen LogP contribution in [-0.2, 0) is 26.7 Å². The molecule has 0 radical (unpaired) electrons. The van der Waals surface area contributed by atoms with Gasteiger partial charge in [0.15, 0.2) is 0 Å². The van der Waals surface area contributed by atoms with E-state index in [-0.39, 0.29) is 40.7 Å². The zero-order chi connectivity index (χ0) is 27.0. The van der Waals surface area contributed by atoms with Crippen molar-refractivity contribution in [2.45, 2.75) is 70.8 Å². The number of halogens is 6. The summed E-state index contributed by atoms with van der Waals surface area (Å²) in [5.41, 5.74) is -4.82. The molecule has 1 aromatic rings. The number of carbonyl (C=O) groups is 2. The zero-order valence-electron chi connectivity index (χ0n) is 20.5. The molecule has 1 aliphatic heterocycles. The molecule has 4 nitrogen and oxygen atoms in total. The molecule has 0 aromatic heterocycles. The lowest BCUT2D eigenvalue weighted by molar-refractivity contribution is -0.166. The molecular formula is C27H29F6NO3. The summed E-state index contributed by atoms with van der Waals surface area (Å²) in [4.78, 5) is 25.0. The largest absolute Gasteiger partial charge is 0.458 e. The second kappa shape index (κ2) is 8.50. The first-order chi connectivity index (χ1) is 17.1. The maximum absolute atomic E-state index is 13.6. The average Bonchev–Trinajstić information content (AvgIpc) is 3.16. The van der Waals surface area contributed by atoms with Gasteiger partial charge in [-0.3, -0.25) is 4.79 Å². The van der Waals surface area contributed by atoms with Gasteiger partial charge in [-0.1, -0.05) is 26.0 Å². The third kappa shape index (κ3) is 4.34. The average molecular weight is 530 g/mol. The number of anilines is 1. The number of nitrogens with one attached hydrogen (secondary N) is 1. The van der Waals surface area contributed by atoms with E-state index in [1.807, 2.05) is 11.4 Å². The van der Waals surface area contributed by atoms with E-state index >= 15 is 0 Å². The van der Waals surface area contributed by atoms with Crippen molar-refractivity contribution < 1.29 is 40.7 Å². The molecule has 10 heteroatoms. The summed E-state index contributed by atoms with van der Waals surface area (Å²) in [5, 5.41) is 2.04. The van der Waals surface area contributed by atoms with Crippen LogP contribution in [0.4, 0.5) is 32.0 Å². The Balaban J connectivity index is 1.40. The minimum Gasteiger partial charge on any atom is -0.458 e. The topological polar surface area (TPSA) is 55.4 Å². The smallest absolute Gasteiger partial charge is 0.418 e. The highest BCUT2D eigenvalue weighted by Gasteiger charge is 2.60. The molecule has 1 aromatic carbocycles. The van der Waals surface area contributed by atoms with Gasteiger partial charge in [-0.15, -0.1) is 0 Å². The molecule has 1 unspecified atom stereocenters. The highest BCUT2D eigenvalue weighted by atomic mass is 19.4. The third-order valence-corrected chi connectivity index (χ3v) is 9.59. The van der Waals surface area contributed by atoms with E-state index in [1.165, 1.54) is 6.08 Å². The Morgan fingerprint density at radius 2 is 1.65 bits per heavy atom. The van der Waals surface area contributed by atoms with Crippen LogP contribution >= 0.6 is 0 Å². The molecule has 5 rings (SSSR count). The Labute approximate surface area is 210 Å². The maximum atomic E-state index is 13.6. The summed E-state index contributed by atoms with van der Waals surface area (Å²) in [6.45, 7) is 4.17. The normalized spacial score (nSPS) is 37.3. The van der Waals surface area contributed by atoms with Gasteiger partial charge in [0, 0.05) is 17.4 Å². The number of esters is 1. The van der Waals surface area contributed by atoms with Crippen LogP contribution in [0.15, 0.2) is 30.4 Å². The number of para-hydroxylation sites is 1. The van der Waals surface area contributed by atoms with Crippen molar-refractivity contribution in [3.8, 4) is 0 Å². The zero-order valence-corrected chi connectivity index (χ0v) is 20.5. The summed E-state index contributed by atoms with van der Waals surface area (Å²) < 4.78 is 87.0. The standard InChI is InChI=1S/C27H29F6NO3/c1-24-10-8-16-15(6-7-20-25(16,2)11-9-21(35)37-20)19(24)12-14(13-24)23(36)34-22-17(26(28,29)30)4-3-5-18(22)27(31,32)33/h3-5,9,11,14-16,19-20H,6-8,10,12-13H2,1-2H3,(H,34,36)/t14-,15+,16-,19-,20?,24+,25+/m0/s1. The van der Waals surface area contributed by atoms with Crippen molar-refractivity contribution in [2.75, 3.05) is 5.32 Å². The summed E-state index contributed by atoms with van der Waals surface area (Å²) in [6, 6.07) is 1.80. The van der Waals surface area contributed by atoms with Gasteiger partial charge in [0.05, 0.1) is 16.8 Å². The van der Waals surface area contributed by atoms with E-state index in [4.69, 9.17) is 4.74 Å². The van der Waals surface area contributed by atoms with Gasteiger partial charge >= 0.3 is 18.3 Å². The Bertz CT molecular complexity index is 1110. The number of ether oxygens (including phenoxy) is 1. The van der Waals surface area contributed by atoms with Gasteiger partial charge in [-0.2, -0.15) is 26.3 Å².